The second-order valence-corrected chi connectivity index (χ2v) is 6.10. The van der Waals surface area contributed by atoms with Crippen molar-refractivity contribution in [3.05, 3.63) is 35.9 Å². The summed E-state index contributed by atoms with van der Waals surface area (Å²) in [6, 6.07) is 9.95. The summed E-state index contributed by atoms with van der Waals surface area (Å²) in [5, 5.41) is 4.94. The summed E-state index contributed by atoms with van der Waals surface area (Å²) in [6.45, 7) is 5.90. The van der Waals surface area contributed by atoms with Crippen molar-refractivity contribution in [2.45, 2.75) is 39.2 Å². The monoisotopic (exact) mass is 271 g/mol. The van der Waals surface area contributed by atoms with Gasteiger partial charge in [-0.1, -0.05) is 51.1 Å². The molecule has 0 fully saturated rings. The van der Waals surface area contributed by atoms with Crippen LogP contribution < -0.4 is 5.14 Å². The Balaban J connectivity index is 2.73. The van der Waals surface area contributed by atoms with E-state index in [1.165, 1.54) is 5.56 Å². The van der Waals surface area contributed by atoms with E-state index in [4.69, 9.17) is 9.32 Å². The first-order valence-corrected chi connectivity index (χ1v) is 7.52. The summed E-state index contributed by atoms with van der Waals surface area (Å²) in [4.78, 5) is 0. The Kier molecular flexibility index (Phi) is 5.31. The van der Waals surface area contributed by atoms with E-state index < -0.39 is 16.4 Å². The van der Waals surface area contributed by atoms with Gasteiger partial charge in [0.15, 0.2) is 0 Å². The van der Waals surface area contributed by atoms with Crippen LogP contribution in [0.5, 0.6) is 0 Å². The van der Waals surface area contributed by atoms with Crippen LogP contribution in [0.2, 0.25) is 0 Å². The Morgan fingerprint density at radius 3 is 2.17 bits per heavy atom. The van der Waals surface area contributed by atoms with Crippen LogP contribution in [0.3, 0.4) is 0 Å². The lowest BCUT2D eigenvalue weighted by molar-refractivity contribution is 0.142. The molecule has 0 radical (unpaired) electrons. The van der Waals surface area contributed by atoms with E-state index in [0.717, 1.165) is 0 Å². The van der Waals surface area contributed by atoms with E-state index in [0.29, 0.717) is 6.42 Å². The van der Waals surface area contributed by atoms with Gasteiger partial charge in [-0.05, 0) is 23.8 Å². The van der Waals surface area contributed by atoms with Gasteiger partial charge in [-0.2, -0.15) is 8.42 Å². The van der Waals surface area contributed by atoms with Crippen LogP contribution in [0.1, 0.15) is 38.7 Å². The van der Waals surface area contributed by atoms with Crippen LogP contribution in [-0.4, -0.2) is 14.5 Å². The highest BCUT2D eigenvalue weighted by molar-refractivity contribution is 7.84. The van der Waals surface area contributed by atoms with Crippen molar-refractivity contribution in [2.24, 2.45) is 11.1 Å². The molecule has 0 aliphatic carbocycles. The number of hydrogen-bond acceptors (Lipinski definition) is 3. The largest absolute Gasteiger partial charge is 0.333 e. The van der Waals surface area contributed by atoms with E-state index >= 15 is 0 Å². The van der Waals surface area contributed by atoms with Crippen molar-refractivity contribution in [3.8, 4) is 0 Å². The van der Waals surface area contributed by atoms with Crippen molar-refractivity contribution in [1.29, 1.82) is 0 Å². The quantitative estimate of drug-likeness (QED) is 0.864. The molecule has 0 saturated carbocycles. The summed E-state index contributed by atoms with van der Waals surface area (Å²) in [5.41, 5.74) is 1.17. The lowest BCUT2D eigenvalue weighted by Gasteiger charge is -2.23. The molecule has 1 aromatic rings. The van der Waals surface area contributed by atoms with Crippen molar-refractivity contribution in [3.63, 3.8) is 0 Å². The van der Waals surface area contributed by atoms with E-state index in [1.807, 2.05) is 44.2 Å². The van der Waals surface area contributed by atoms with E-state index in [-0.39, 0.29) is 11.8 Å². The van der Waals surface area contributed by atoms with Gasteiger partial charge in [-0.15, -0.1) is 0 Å². The third-order valence-electron chi connectivity index (χ3n) is 2.96. The molecule has 0 bridgehead atoms. The Morgan fingerprint density at radius 1 is 1.17 bits per heavy atom. The molecule has 1 rings (SSSR count). The third-order valence-corrected chi connectivity index (χ3v) is 3.47. The van der Waals surface area contributed by atoms with E-state index in [2.05, 4.69) is 6.92 Å². The molecule has 18 heavy (non-hydrogen) atoms. The number of hydrogen-bond donors (Lipinski definition) is 1. The van der Waals surface area contributed by atoms with Crippen LogP contribution in [0.15, 0.2) is 30.3 Å². The SMILES string of the molecule is CC(CC(OS(N)(=O)=O)C(C)C)c1ccccc1. The average molecular weight is 271 g/mol. The van der Waals surface area contributed by atoms with Crippen LogP contribution in [0.25, 0.3) is 0 Å². The van der Waals surface area contributed by atoms with Gasteiger partial charge in [0.2, 0.25) is 0 Å². The summed E-state index contributed by atoms with van der Waals surface area (Å²) in [6.07, 6.45) is 0.230. The zero-order chi connectivity index (χ0) is 13.8. The maximum atomic E-state index is 11.0. The molecule has 0 saturated heterocycles. The second-order valence-electron chi connectivity index (χ2n) is 4.92. The highest BCUT2D eigenvalue weighted by Gasteiger charge is 2.22. The van der Waals surface area contributed by atoms with Gasteiger partial charge in [0, 0.05) is 0 Å². The van der Waals surface area contributed by atoms with Crippen molar-refractivity contribution >= 4 is 10.3 Å². The second kappa shape index (κ2) is 6.31. The Morgan fingerprint density at radius 2 is 1.72 bits per heavy atom. The first-order valence-electron chi connectivity index (χ1n) is 6.05. The maximum absolute atomic E-state index is 11.0. The Bertz CT molecular complexity index is 456. The lowest BCUT2D eigenvalue weighted by atomic mass is 9.91. The van der Waals surface area contributed by atoms with Gasteiger partial charge in [0.05, 0.1) is 6.10 Å². The van der Waals surface area contributed by atoms with Crippen LogP contribution >= 0.6 is 0 Å². The molecular formula is C13H21NO3S. The molecule has 2 atom stereocenters. The standard InChI is InChI=1S/C13H21NO3S/c1-10(2)13(17-18(14,15)16)9-11(3)12-7-5-4-6-8-12/h4-8,10-11,13H,9H2,1-3H3,(H2,14,15,16). The number of nitrogens with two attached hydrogens (primary N) is 1. The predicted molar refractivity (Wildman–Crippen MR) is 72.3 cm³/mol. The third kappa shape index (κ3) is 5.16. The van der Waals surface area contributed by atoms with Gasteiger partial charge in [0.1, 0.15) is 0 Å². The Labute approximate surface area is 109 Å². The molecule has 0 aromatic heterocycles. The molecule has 0 aliphatic rings. The molecule has 5 heteroatoms. The summed E-state index contributed by atoms with van der Waals surface area (Å²) in [5.74, 6) is 0.315. The molecule has 0 heterocycles. The molecule has 0 spiro atoms. The summed E-state index contributed by atoms with van der Waals surface area (Å²) >= 11 is 0. The molecule has 0 aliphatic heterocycles. The zero-order valence-corrected chi connectivity index (χ0v) is 11.9. The van der Waals surface area contributed by atoms with Gasteiger partial charge in [-0.25, -0.2) is 5.14 Å². The number of rotatable bonds is 6. The minimum absolute atomic E-state index is 0.0921. The minimum atomic E-state index is -3.90. The maximum Gasteiger partial charge on any atom is 0.333 e. The minimum Gasteiger partial charge on any atom is -0.255 e. The summed E-state index contributed by atoms with van der Waals surface area (Å²) in [7, 11) is -3.90. The highest BCUT2D eigenvalue weighted by Crippen LogP contribution is 2.25. The van der Waals surface area contributed by atoms with Crippen molar-refractivity contribution in [2.75, 3.05) is 0 Å². The topological polar surface area (TPSA) is 69.4 Å². The first kappa shape index (κ1) is 15.1. The van der Waals surface area contributed by atoms with Gasteiger partial charge < -0.3 is 0 Å². The highest BCUT2D eigenvalue weighted by atomic mass is 32.2. The molecule has 102 valence electrons. The van der Waals surface area contributed by atoms with Gasteiger partial charge in [-0.3, -0.25) is 4.18 Å². The lowest BCUT2D eigenvalue weighted by Crippen LogP contribution is -2.29. The normalized spacial score (nSPS) is 15.6. The molecule has 0 amide bonds. The van der Waals surface area contributed by atoms with Crippen molar-refractivity contribution in [1.82, 2.24) is 0 Å². The smallest absolute Gasteiger partial charge is 0.255 e. The fraction of sp³-hybridized carbons (Fsp3) is 0.538. The zero-order valence-electron chi connectivity index (χ0n) is 11.0. The molecule has 1 aromatic carbocycles. The predicted octanol–water partition coefficient (Wildman–Crippen LogP) is 2.42. The molecule has 4 nitrogen and oxygen atoms in total. The molecule has 2 N–H and O–H groups in total. The van der Waals surface area contributed by atoms with E-state index in [9.17, 15) is 8.42 Å². The molecular weight excluding hydrogens is 250 g/mol. The first-order chi connectivity index (χ1) is 8.29. The summed E-state index contributed by atoms with van der Waals surface area (Å²) < 4.78 is 27.0. The van der Waals surface area contributed by atoms with Crippen LogP contribution in [-0.2, 0) is 14.5 Å². The number of benzene rings is 1. The van der Waals surface area contributed by atoms with Crippen LogP contribution in [0.4, 0.5) is 0 Å². The van der Waals surface area contributed by atoms with Gasteiger partial charge >= 0.3 is 10.3 Å². The Hall–Kier alpha value is -0.910. The van der Waals surface area contributed by atoms with Crippen molar-refractivity contribution < 1.29 is 12.6 Å². The fourth-order valence-corrected chi connectivity index (χ4v) is 2.51. The average Bonchev–Trinajstić information content (AvgIpc) is 2.27. The fourth-order valence-electron chi connectivity index (χ4n) is 1.86. The molecule has 2 unspecified atom stereocenters. The van der Waals surface area contributed by atoms with E-state index in [1.54, 1.807) is 0 Å². The van der Waals surface area contributed by atoms with Gasteiger partial charge in [0.25, 0.3) is 0 Å². The van der Waals surface area contributed by atoms with Crippen LogP contribution in [0, 0.1) is 5.92 Å².